The summed E-state index contributed by atoms with van der Waals surface area (Å²) in [6.07, 6.45) is 5.09. The lowest BCUT2D eigenvalue weighted by molar-refractivity contribution is 0.242. The Morgan fingerprint density at radius 3 is 2.64 bits per heavy atom. The predicted molar refractivity (Wildman–Crippen MR) is 86.4 cm³/mol. The summed E-state index contributed by atoms with van der Waals surface area (Å²) in [5.74, 6) is 0. The highest BCUT2D eigenvalue weighted by molar-refractivity contribution is 6.33. The highest BCUT2D eigenvalue weighted by atomic mass is 35.5. The first-order valence-corrected chi connectivity index (χ1v) is 7.71. The Morgan fingerprint density at radius 2 is 1.91 bits per heavy atom. The standard InChI is InChI=1S/C15H18ClN5O/c16-13-12-17-5-3-14(13)20-9-6-19(7-10-20)8-11-21-15(22)2-1-4-18-21/h1-5,12H,6-11H2. The maximum Gasteiger partial charge on any atom is 0.266 e. The monoisotopic (exact) mass is 319 g/mol. The molecule has 0 unspecified atom stereocenters. The molecule has 0 atom stereocenters. The molecule has 0 bridgehead atoms. The van der Waals surface area contributed by atoms with Gasteiger partial charge in [-0.15, -0.1) is 0 Å². The summed E-state index contributed by atoms with van der Waals surface area (Å²) in [5, 5.41) is 4.77. The van der Waals surface area contributed by atoms with E-state index in [0.717, 1.165) is 38.4 Å². The molecule has 1 aliphatic rings. The minimum Gasteiger partial charge on any atom is -0.368 e. The number of hydrogen-bond acceptors (Lipinski definition) is 5. The fourth-order valence-corrected chi connectivity index (χ4v) is 2.87. The quantitative estimate of drug-likeness (QED) is 0.845. The number of halogens is 1. The van der Waals surface area contributed by atoms with Gasteiger partial charge in [-0.1, -0.05) is 11.6 Å². The summed E-state index contributed by atoms with van der Waals surface area (Å²) in [4.78, 5) is 20.2. The highest BCUT2D eigenvalue weighted by Gasteiger charge is 2.18. The average molecular weight is 320 g/mol. The summed E-state index contributed by atoms with van der Waals surface area (Å²) in [6, 6.07) is 5.15. The second kappa shape index (κ2) is 6.89. The van der Waals surface area contributed by atoms with Crippen LogP contribution >= 0.6 is 11.6 Å². The second-order valence-corrected chi connectivity index (χ2v) is 5.65. The fourth-order valence-electron chi connectivity index (χ4n) is 2.63. The zero-order valence-electron chi connectivity index (χ0n) is 12.2. The third kappa shape index (κ3) is 3.45. The smallest absolute Gasteiger partial charge is 0.266 e. The van der Waals surface area contributed by atoms with E-state index in [-0.39, 0.29) is 5.56 Å². The molecule has 116 valence electrons. The van der Waals surface area contributed by atoms with Gasteiger partial charge >= 0.3 is 0 Å². The zero-order valence-corrected chi connectivity index (χ0v) is 13.0. The molecule has 0 radical (unpaired) electrons. The third-order valence-corrected chi connectivity index (χ3v) is 4.17. The summed E-state index contributed by atoms with van der Waals surface area (Å²) in [7, 11) is 0. The van der Waals surface area contributed by atoms with E-state index < -0.39 is 0 Å². The first kappa shape index (κ1) is 15.0. The predicted octanol–water partition coefficient (Wildman–Crippen LogP) is 1.11. The van der Waals surface area contributed by atoms with Crippen molar-refractivity contribution in [2.45, 2.75) is 6.54 Å². The lowest BCUT2D eigenvalue weighted by Crippen LogP contribution is -2.47. The molecule has 0 aromatic carbocycles. The van der Waals surface area contributed by atoms with Gasteiger partial charge in [-0.05, 0) is 12.1 Å². The van der Waals surface area contributed by atoms with Crippen molar-refractivity contribution >= 4 is 17.3 Å². The SMILES string of the molecule is O=c1cccnn1CCN1CCN(c2ccncc2Cl)CC1. The van der Waals surface area contributed by atoms with Gasteiger partial charge < -0.3 is 4.90 Å². The number of anilines is 1. The van der Waals surface area contributed by atoms with E-state index in [1.165, 1.54) is 10.7 Å². The minimum absolute atomic E-state index is 0.0512. The third-order valence-electron chi connectivity index (χ3n) is 3.88. The lowest BCUT2D eigenvalue weighted by atomic mass is 10.2. The Kier molecular flexibility index (Phi) is 4.70. The number of hydrogen-bond donors (Lipinski definition) is 0. The Bertz CT molecular complexity index is 681. The van der Waals surface area contributed by atoms with E-state index in [0.29, 0.717) is 11.6 Å². The summed E-state index contributed by atoms with van der Waals surface area (Å²) >= 11 is 6.19. The summed E-state index contributed by atoms with van der Waals surface area (Å²) in [5.41, 5.74) is 0.988. The lowest BCUT2D eigenvalue weighted by Gasteiger charge is -2.36. The minimum atomic E-state index is -0.0512. The van der Waals surface area contributed by atoms with Crippen molar-refractivity contribution in [1.82, 2.24) is 19.7 Å². The van der Waals surface area contributed by atoms with Crippen molar-refractivity contribution in [3.05, 3.63) is 52.2 Å². The van der Waals surface area contributed by atoms with Crippen LogP contribution in [0.5, 0.6) is 0 Å². The van der Waals surface area contributed by atoms with E-state index in [9.17, 15) is 4.79 Å². The van der Waals surface area contributed by atoms with Gasteiger partial charge in [0.15, 0.2) is 0 Å². The number of rotatable bonds is 4. The van der Waals surface area contributed by atoms with Gasteiger partial charge in [0.2, 0.25) is 0 Å². The van der Waals surface area contributed by atoms with Gasteiger partial charge in [0.25, 0.3) is 5.56 Å². The maximum absolute atomic E-state index is 11.6. The molecule has 0 amide bonds. The van der Waals surface area contributed by atoms with Crippen LogP contribution in [0.3, 0.4) is 0 Å². The summed E-state index contributed by atoms with van der Waals surface area (Å²) < 4.78 is 1.51. The first-order chi connectivity index (χ1) is 10.7. The van der Waals surface area contributed by atoms with Crippen LogP contribution in [0.1, 0.15) is 0 Å². The Labute approximate surface area is 133 Å². The Morgan fingerprint density at radius 1 is 1.09 bits per heavy atom. The molecule has 7 heteroatoms. The molecule has 1 fully saturated rings. The molecular weight excluding hydrogens is 302 g/mol. The molecule has 1 saturated heterocycles. The molecule has 0 saturated carbocycles. The van der Waals surface area contributed by atoms with Crippen molar-refractivity contribution in [3.63, 3.8) is 0 Å². The van der Waals surface area contributed by atoms with Gasteiger partial charge in [0.1, 0.15) is 0 Å². The Hall–Kier alpha value is -1.92. The van der Waals surface area contributed by atoms with Gasteiger partial charge in [0, 0.05) is 57.4 Å². The molecule has 0 spiro atoms. The van der Waals surface area contributed by atoms with Gasteiger partial charge in [0.05, 0.1) is 17.3 Å². The van der Waals surface area contributed by atoms with E-state index in [4.69, 9.17) is 11.6 Å². The second-order valence-electron chi connectivity index (χ2n) is 5.24. The molecule has 0 N–H and O–H groups in total. The largest absolute Gasteiger partial charge is 0.368 e. The normalized spacial score (nSPS) is 16.0. The number of aromatic nitrogens is 3. The van der Waals surface area contributed by atoms with E-state index >= 15 is 0 Å². The van der Waals surface area contributed by atoms with Crippen molar-refractivity contribution < 1.29 is 0 Å². The van der Waals surface area contributed by atoms with E-state index in [1.807, 2.05) is 6.07 Å². The van der Waals surface area contributed by atoms with Crippen LogP contribution < -0.4 is 10.5 Å². The van der Waals surface area contributed by atoms with Crippen LogP contribution in [-0.2, 0) is 6.54 Å². The molecule has 2 aromatic heterocycles. The van der Waals surface area contributed by atoms with E-state index in [1.54, 1.807) is 24.7 Å². The number of nitrogens with zero attached hydrogens (tertiary/aromatic N) is 5. The van der Waals surface area contributed by atoms with E-state index in [2.05, 4.69) is 19.9 Å². The van der Waals surface area contributed by atoms with Crippen LogP contribution in [0, 0.1) is 0 Å². The number of piperazine rings is 1. The maximum atomic E-state index is 11.6. The molecule has 3 heterocycles. The van der Waals surface area contributed by atoms with Crippen LogP contribution in [0.2, 0.25) is 5.02 Å². The molecule has 0 aliphatic carbocycles. The van der Waals surface area contributed by atoms with Gasteiger partial charge in [-0.25, -0.2) is 4.68 Å². The van der Waals surface area contributed by atoms with Gasteiger partial charge in [-0.2, -0.15) is 5.10 Å². The zero-order chi connectivity index (χ0) is 15.4. The van der Waals surface area contributed by atoms with Crippen molar-refractivity contribution in [3.8, 4) is 0 Å². The van der Waals surface area contributed by atoms with Gasteiger partial charge in [-0.3, -0.25) is 14.7 Å². The Balaban J connectivity index is 1.53. The molecule has 22 heavy (non-hydrogen) atoms. The van der Waals surface area contributed by atoms with Crippen LogP contribution in [-0.4, -0.2) is 52.4 Å². The molecule has 3 rings (SSSR count). The molecule has 1 aliphatic heterocycles. The van der Waals surface area contributed by atoms with Crippen molar-refractivity contribution in [2.75, 3.05) is 37.6 Å². The molecule has 2 aromatic rings. The highest BCUT2D eigenvalue weighted by Crippen LogP contribution is 2.24. The average Bonchev–Trinajstić information content (AvgIpc) is 2.55. The van der Waals surface area contributed by atoms with Crippen molar-refractivity contribution in [2.24, 2.45) is 0 Å². The summed E-state index contributed by atoms with van der Waals surface area (Å²) in [6.45, 7) is 5.17. The van der Waals surface area contributed by atoms with Crippen LogP contribution in [0.4, 0.5) is 5.69 Å². The topological polar surface area (TPSA) is 54.3 Å². The van der Waals surface area contributed by atoms with Crippen LogP contribution in [0.15, 0.2) is 41.6 Å². The molecular formula is C15H18ClN5O. The van der Waals surface area contributed by atoms with Crippen LogP contribution in [0.25, 0.3) is 0 Å². The molecule has 6 nitrogen and oxygen atoms in total. The van der Waals surface area contributed by atoms with Crippen molar-refractivity contribution in [1.29, 1.82) is 0 Å². The fraction of sp³-hybridized carbons (Fsp3) is 0.400. The first-order valence-electron chi connectivity index (χ1n) is 7.33. The number of pyridine rings is 1.